The van der Waals surface area contributed by atoms with Crippen molar-refractivity contribution in [2.45, 2.75) is 61.8 Å². The topological polar surface area (TPSA) is 79.9 Å². The number of methoxy groups -OCH3 is 2. The van der Waals surface area contributed by atoms with E-state index in [1.54, 1.807) is 20.2 Å². The summed E-state index contributed by atoms with van der Waals surface area (Å²) in [7, 11) is 21.7. The molecule has 0 aliphatic rings. The van der Waals surface area contributed by atoms with E-state index in [0.29, 0.717) is 5.56 Å². The van der Waals surface area contributed by atoms with Crippen molar-refractivity contribution in [1.82, 2.24) is 41.1 Å². The second-order valence-electron chi connectivity index (χ2n) is 29.9. The molecule has 0 aliphatic heterocycles. The Bertz CT molecular complexity index is 6610. The van der Waals surface area contributed by atoms with Crippen LogP contribution in [0.25, 0.3) is 126 Å². The monoisotopic (exact) mass is 1550 g/mol. The first-order valence-corrected chi connectivity index (χ1v) is 39.6. The molecule has 0 aliphatic carbocycles. The average molecular weight is 1550 g/mol. The minimum Gasteiger partial charge on any atom is -0.497 e. The van der Waals surface area contributed by atoms with Gasteiger partial charge in [-0.05, 0) is 186 Å². The molecule has 594 valence electrons. The number of fused-ring (bicyclic) bond motifs is 13. The van der Waals surface area contributed by atoms with Gasteiger partial charge in [0, 0.05) is 227 Å². The SMILES string of the molecule is C#CC.C=Cc1cn(C)c2ccccc12.CCc1cn(C)c2ccccc12.COC(=O)c1cn(C)c2ccccc12.COc1ccc2c(ccn2C)c1.Cc1ccc2c(c1)c(C)cn2C.Cc1ccc2c(c1)c1cc(C)ccc1n2C.Cc1cn(C)c2ccccc12.Cc1cn(C)c2ccccc12.Cn1c2ccccc2c2ccccc21. The molecule has 0 unspecified atom stereocenters. The van der Waals surface area contributed by atoms with E-state index >= 15 is 0 Å². The Balaban J connectivity index is 0.000000129. The van der Waals surface area contributed by atoms with Gasteiger partial charge in [-0.1, -0.05) is 182 Å². The van der Waals surface area contributed by atoms with Crippen LogP contribution in [-0.2, 0) is 74.6 Å². The van der Waals surface area contributed by atoms with Crippen LogP contribution >= 0.6 is 0 Å². The maximum absolute atomic E-state index is 11.4. The number of nitrogens with zero attached hydrogens (tertiary/aromatic N) is 9. The molecule has 0 N–H and O–H groups in total. The number of esters is 1. The molecule has 0 radical (unpaired) electrons. The molecular weight excluding hydrogens is 1440 g/mol. The first-order chi connectivity index (χ1) is 56.4. The number of terminal acetylenes is 1. The maximum Gasteiger partial charge on any atom is 0.340 e. The van der Waals surface area contributed by atoms with Gasteiger partial charge in [0.15, 0.2) is 0 Å². The molecule has 0 atom stereocenters. The number of hydrogen-bond acceptors (Lipinski definition) is 3. The number of aryl methyl sites for hydroxylation is 16. The second kappa shape index (κ2) is 38.5. The fourth-order valence-electron chi connectivity index (χ4n) is 15.6. The first-order valence-electron chi connectivity index (χ1n) is 39.6. The highest BCUT2D eigenvalue weighted by atomic mass is 16.5. The Labute approximate surface area is 689 Å². The van der Waals surface area contributed by atoms with Gasteiger partial charge in [0.05, 0.1) is 19.8 Å². The summed E-state index contributed by atoms with van der Waals surface area (Å²) in [5.41, 5.74) is 25.3. The van der Waals surface area contributed by atoms with E-state index in [-0.39, 0.29) is 5.97 Å². The number of carbonyl (C=O) groups is 1. The molecule has 0 bridgehead atoms. The lowest BCUT2D eigenvalue weighted by Gasteiger charge is -1.99. The lowest BCUT2D eigenvalue weighted by molar-refractivity contribution is 0.0602. The fourth-order valence-corrected chi connectivity index (χ4v) is 15.6. The van der Waals surface area contributed by atoms with Gasteiger partial charge in [-0.25, -0.2) is 4.79 Å². The number of para-hydroxylation sites is 7. The van der Waals surface area contributed by atoms with Crippen LogP contribution in [0.3, 0.4) is 0 Å². The van der Waals surface area contributed by atoms with Crippen molar-refractivity contribution in [2.24, 2.45) is 63.4 Å². The third-order valence-corrected chi connectivity index (χ3v) is 21.6. The lowest BCUT2D eigenvalue weighted by Crippen LogP contribution is -1.99. The molecule has 0 saturated carbocycles. The Morgan fingerprint density at radius 2 is 0.692 bits per heavy atom. The highest BCUT2D eigenvalue weighted by Crippen LogP contribution is 2.32. The highest BCUT2D eigenvalue weighted by molar-refractivity contribution is 6.09. The largest absolute Gasteiger partial charge is 0.497 e. The molecule has 20 rings (SSSR count). The van der Waals surface area contributed by atoms with E-state index in [9.17, 15) is 4.79 Å². The van der Waals surface area contributed by atoms with Crippen molar-refractivity contribution in [2.75, 3.05) is 14.2 Å². The number of carbonyl (C=O) groups excluding carboxylic acids is 1. The molecular formula is C105H111N9O3. The van der Waals surface area contributed by atoms with E-state index in [1.165, 1.54) is 161 Å². The number of hydrogen-bond donors (Lipinski definition) is 0. The van der Waals surface area contributed by atoms with E-state index in [2.05, 4.69) is 397 Å². The summed E-state index contributed by atoms with van der Waals surface area (Å²) in [4.78, 5) is 11.4. The van der Waals surface area contributed by atoms with Gasteiger partial charge >= 0.3 is 5.97 Å². The van der Waals surface area contributed by atoms with Crippen LogP contribution in [0.15, 0.2) is 299 Å². The van der Waals surface area contributed by atoms with Crippen molar-refractivity contribution in [3.05, 3.63) is 349 Å². The van der Waals surface area contributed by atoms with E-state index in [0.717, 1.165) is 23.1 Å². The smallest absolute Gasteiger partial charge is 0.340 e. The van der Waals surface area contributed by atoms with E-state index in [4.69, 9.17) is 9.47 Å². The molecule has 9 heterocycles. The molecule has 9 aromatic heterocycles. The fraction of sp³-hybridized carbons (Fsp3) is 0.190. The number of ether oxygens (including phenoxy) is 2. The molecule has 0 saturated heterocycles. The third-order valence-electron chi connectivity index (χ3n) is 21.6. The number of rotatable bonds is 4. The Hall–Kier alpha value is -13.6. The van der Waals surface area contributed by atoms with Crippen LogP contribution in [0.5, 0.6) is 5.75 Å². The highest BCUT2D eigenvalue weighted by Gasteiger charge is 2.14. The molecule has 12 nitrogen and oxygen atoms in total. The predicted molar refractivity (Wildman–Crippen MR) is 502 cm³/mol. The zero-order valence-corrected chi connectivity index (χ0v) is 71.5. The van der Waals surface area contributed by atoms with Crippen LogP contribution in [0.4, 0.5) is 0 Å². The standard InChI is InChI=1S/C15H15N.C13H11N.C11H11NO2.2C11H13N.C11H11N.C10H11NO.2C10H11N.C3H4/c1-10-4-6-14-12(8-10)13-9-11(2)5-7-15(13)16(14)3;1-14-12-8-4-2-6-10(12)11-7-3-5-9-13(11)14;1-12-7-9(11(13)14-2)8-5-3-4-6-10(8)12;1-8-4-5-11-10(6-8)9(2)7-12(11)3;2*1-3-9-8-12(2)11-7-5-4-6-10(9)11;1-11-6-5-8-7-9(12-2)3-4-10(8)11;2*1-8-7-11(2)10-6-4-3-5-9(8)10;1-3-2/h4-9H,1-3H3;2-9H,1H3;3-7H,1-2H3;4-7H,1-3H3;4-8H,3H2,1-2H3;3-8H,1H2,2H3;3-7H,1-2H3;2*3-7H,1-2H3;1H,2H3. The van der Waals surface area contributed by atoms with Gasteiger partial charge in [-0.3, -0.25) is 0 Å². The quantitative estimate of drug-likeness (QED) is 0.130. The molecule has 12 heteroatoms. The van der Waals surface area contributed by atoms with Crippen molar-refractivity contribution < 1.29 is 14.3 Å². The minimum absolute atomic E-state index is 0.290. The Morgan fingerprint density at radius 3 is 1.14 bits per heavy atom. The van der Waals surface area contributed by atoms with Gasteiger partial charge in [0.25, 0.3) is 0 Å². The van der Waals surface area contributed by atoms with Crippen LogP contribution in [0.1, 0.15) is 68.7 Å². The Morgan fingerprint density at radius 1 is 0.359 bits per heavy atom. The van der Waals surface area contributed by atoms with Crippen LogP contribution in [-0.4, -0.2) is 61.3 Å². The van der Waals surface area contributed by atoms with Crippen molar-refractivity contribution >= 4 is 132 Å². The summed E-state index contributed by atoms with van der Waals surface area (Å²) in [6.45, 7) is 20.5. The van der Waals surface area contributed by atoms with Crippen LogP contribution in [0, 0.1) is 53.9 Å². The lowest BCUT2D eigenvalue weighted by atomic mass is 10.1. The normalized spacial score (nSPS) is 10.6. The number of aromatic nitrogens is 9. The summed E-state index contributed by atoms with van der Waals surface area (Å²) in [6, 6.07) is 86.6. The zero-order valence-electron chi connectivity index (χ0n) is 71.5. The molecule has 11 aromatic carbocycles. The molecule has 0 spiro atoms. The first kappa shape index (κ1) is 84.3. The summed E-state index contributed by atoms with van der Waals surface area (Å²) in [5.74, 6) is 2.87. The van der Waals surface area contributed by atoms with Crippen LogP contribution < -0.4 is 4.74 Å². The maximum atomic E-state index is 11.4. The Kier molecular flexibility index (Phi) is 27.7. The average Bonchev–Trinajstić information content (AvgIpc) is 1.62. The van der Waals surface area contributed by atoms with Crippen molar-refractivity contribution in [1.29, 1.82) is 0 Å². The van der Waals surface area contributed by atoms with Crippen LogP contribution in [0.2, 0.25) is 0 Å². The van der Waals surface area contributed by atoms with Gasteiger partial charge in [-0.15, -0.1) is 12.3 Å². The molecule has 20 aromatic rings. The minimum atomic E-state index is -0.290. The summed E-state index contributed by atoms with van der Waals surface area (Å²) < 4.78 is 29.1. The predicted octanol–water partition coefficient (Wildman–Crippen LogP) is 25.4. The summed E-state index contributed by atoms with van der Waals surface area (Å²) in [5, 5.41) is 14.3. The van der Waals surface area contributed by atoms with Crippen molar-refractivity contribution in [3.63, 3.8) is 0 Å². The van der Waals surface area contributed by atoms with Crippen molar-refractivity contribution in [3.8, 4) is 18.1 Å². The third kappa shape index (κ3) is 19.1. The van der Waals surface area contributed by atoms with E-state index < -0.39 is 0 Å². The summed E-state index contributed by atoms with van der Waals surface area (Å²) >= 11 is 0. The zero-order chi connectivity index (χ0) is 83.7. The second-order valence-corrected chi connectivity index (χ2v) is 29.9. The van der Waals surface area contributed by atoms with Gasteiger partial charge in [-0.2, -0.15) is 0 Å². The van der Waals surface area contributed by atoms with Gasteiger partial charge in [0.2, 0.25) is 0 Å². The van der Waals surface area contributed by atoms with Gasteiger partial charge < -0.3 is 50.6 Å². The molecule has 0 fully saturated rings. The van der Waals surface area contributed by atoms with E-state index in [1.807, 2.05) is 67.3 Å². The molecule has 0 amide bonds. The van der Waals surface area contributed by atoms with Gasteiger partial charge in [0.1, 0.15) is 5.75 Å². The molecule has 117 heavy (non-hydrogen) atoms. The summed E-state index contributed by atoms with van der Waals surface area (Å²) in [6.07, 6.45) is 22.2. The number of benzene rings is 11.